The molecule has 0 N–H and O–H groups in total. The number of carbonyl (C=O) groups excluding carboxylic acids is 2. The Morgan fingerprint density at radius 1 is 0.562 bits per heavy atom. The number of likely N-dealkylation sites (tertiary alicyclic amines) is 2. The molecule has 2 heterocycles. The standard InChI is InChI=1S/2C20H20N2O2/c2*21-14-17-11-12-22(19(13-17)18-9-5-2-6-10-18)20(23)24-15-16-7-3-1-4-8-16/h2*1-10,17,19H,11-13,15H2. The maximum absolute atomic E-state index is 12.6. The summed E-state index contributed by atoms with van der Waals surface area (Å²) in [7, 11) is 0. The molecule has 8 nitrogen and oxygen atoms in total. The van der Waals surface area contributed by atoms with E-state index in [9.17, 15) is 20.1 Å². The van der Waals surface area contributed by atoms with Gasteiger partial charge in [0.15, 0.2) is 0 Å². The van der Waals surface area contributed by atoms with Crippen LogP contribution in [-0.2, 0) is 22.7 Å². The molecule has 0 spiro atoms. The Balaban J connectivity index is 0.000000188. The third kappa shape index (κ3) is 9.24. The van der Waals surface area contributed by atoms with E-state index in [1.54, 1.807) is 9.80 Å². The lowest BCUT2D eigenvalue weighted by molar-refractivity contribution is 0.0615. The Labute approximate surface area is 282 Å². The number of carbonyl (C=O) groups is 2. The average molecular weight is 641 g/mol. The van der Waals surface area contributed by atoms with E-state index in [-0.39, 0.29) is 49.3 Å². The van der Waals surface area contributed by atoms with E-state index in [1.165, 1.54) is 0 Å². The molecule has 0 bridgehead atoms. The van der Waals surface area contributed by atoms with Crippen LogP contribution in [-0.4, -0.2) is 35.1 Å². The maximum Gasteiger partial charge on any atom is 0.410 e. The van der Waals surface area contributed by atoms with Crippen LogP contribution in [0.2, 0.25) is 0 Å². The van der Waals surface area contributed by atoms with Gasteiger partial charge in [-0.05, 0) is 47.9 Å². The van der Waals surface area contributed by atoms with Gasteiger partial charge in [0.2, 0.25) is 0 Å². The summed E-state index contributed by atoms with van der Waals surface area (Å²) in [5, 5.41) is 18.5. The van der Waals surface area contributed by atoms with E-state index in [2.05, 4.69) is 12.1 Å². The monoisotopic (exact) mass is 640 g/mol. The predicted octanol–water partition coefficient (Wildman–Crippen LogP) is 8.60. The van der Waals surface area contributed by atoms with Crippen molar-refractivity contribution in [3.63, 3.8) is 0 Å². The fraction of sp³-hybridized carbons (Fsp3) is 0.300. The van der Waals surface area contributed by atoms with Crippen LogP contribution in [0.4, 0.5) is 9.59 Å². The number of nitrogens with zero attached hydrogens (tertiary/aromatic N) is 4. The molecule has 6 rings (SSSR count). The SMILES string of the molecule is N#CC1CCN(C(=O)OCc2ccccc2)C(c2ccccc2)C1.N#CC1CCN(C(=O)OCc2ccccc2)C(c2ccccc2)C1. The van der Waals surface area contributed by atoms with E-state index >= 15 is 0 Å². The summed E-state index contributed by atoms with van der Waals surface area (Å²) in [4.78, 5) is 28.7. The van der Waals surface area contributed by atoms with Gasteiger partial charge in [-0.3, -0.25) is 0 Å². The Morgan fingerprint density at radius 3 is 1.23 bits per heavy atom. The number of hydrogen-bond donors (Lipinski definition) is 0. The van der Waals surface area contributed by atoms with E-state index < -0.39 is 0 Å². The highest BCUT2D eigenvalue weighted by atomic mass is 16.6. The smallest absolute Gasteiger partial charge is 0.410 e. The number of ether oxygens (including phenoxy) is 2. The van der Waals surface area contributed by atoms with Crippen molar-refractivity contribution >= 4 is 12.2 Å². The van der Waals surface area contributed by atoms with Gasteiger partial charge in [-0.1, -0.05) is 121 Å². The Kier molecular flexibility index (Phi) is 12.2. The molecule has 2 amide bonds. The van der Waals surface area contributed by atoms with Gasteiger partial charge >= 0.3 is 12.2 Å². The molecule has 2 fully saturated rings. The first kappa shape index (κ1) is 33.8. The van der Waals surface area contributed by atoms with Crippen molar-refractivity contribution in [2.24, 2.45) is 11.8 Å². The van der Waals surface area contributed by atoms with Gasteiger partial charge in [0.05, 0.1) is 36.1 Å². The quantitative estimate of drug-likeness (QED) is 0.209. The highest BCUT2D eigenvalue weighted by molar-refractivity contribution is 5.69. The molecule has 0 radical (unpaired) electrons. The van der Waals surface area contributed by atoms with Gasteiger partial charge < -0.3 is 19.3 Å². The second-order valence-corrected chi connectivity index (χ2v) is 12.0. The normalized spacial score (nSPS) is 20.2. The largest absolute Gasteiger partial charge is 0.445 e. The Hall–Kier alpha value is -5.60. The zero-order chi connectivity index (χ0) is 33.6. The molecule has 244 valence electrons. The molecule has 4 aromatic rings. The third-order valence-corrected chi connectivity index (χ3v) is 8.82. The molecule has 0 saturated carbocycles. The summed E-state index contributed by atoms with van der Waals surface area (Å²) in [6, 6.07) is 43.5. The summed E-state index contributed by atoms with van der Waals surface area (Å²) in [5.74, 6) is -0.0400. The summed E-state index contributed by atoms with van der Waals surface area (Å²) in [6.07, 6.45) is 2.07. The topological polar surface area (TPSA) is 107 Å². The molecule has 8 heteroatoms. The fourth-order valence-electron chi connectivity index (χ4n) is 6.19. The lowest BCUT2D eigenvalue weighted by Gasteiger charge is -2.37. The zero-order valence-corrected chi connectivity index (χ0v) is 26.9. The molecule has 4 aromatic carbocycles. The zero-order valence-electron chi connectivity index (χ0n) is 26.9. The first-order valence-electron chi connectivity index (χ1n) is 16.4. The Bertz CT molecular complexity index is 1550. The average Bonchev–Trinajstić information content (AvgIpc) is 3.17. The molecule has 2 aliphatic rings. The van der Waals surface area contributed by atoms with Crippen molar-refractivity contribution in [1.29, 1.82) is 10.5 Å². The summed E-state index contributed by atoms with van der Waals surface area (Å²) < 4.78 is 11.0. The van der Waals surface area contributed by atoms with Crippen molar-refractivity contribution in [3.8, 4) is 12.1 Å². The van der Waals surface area contributed by atoms with Crippen LogP contribution >= 0.6 is 0 Å². The summed E-state index contributed by atoms with van der Waals surface area (Å²) in [5.41, 5.74) is 4.03. The van der Waals surface area contributed by atoms with E-state index in [1.807, 2.05) is 121 Å². The van der Waals surface area contributed by atoms with Gasteiger partial charge in [-0.25, -0.2) is 9.59 Å². The number of nitriles is 2. The predicted molar refractivity (Wildman–Crippen MR) is 182 cm³/mol. The molecule has 4 unspecified atom stereocenters. The second-order valence-electron chi connectivity index (χ2n) is 12.0. The number of benzene rings is 4. The number of amides is 2. The minimum absolute atomic E-state index is 0.0200. The molecule has 2 saturated heterocycles. The third-order valence-electron chi connectivity index (χ3n) is 8.82. The lowest BCUT2D eigenvalue weighted by Crippen LogP contribution is -2.41. The number of hydrogen-bond acceptors (Lipinski definition) is 6. The van der Waals surface area contributed by atoms with Crippen molar-refractivity contribution in [2.75, 3.05) is 13.1 Å². The van der Waals surface area contributed by atoms with Gasteiger partial charge in [-0.15, -0.1) is 0 Å². The van der Waals surface area contributed by atoms with Gasteiger partial charge in [0.25, 0.3) is 0 Å². The van der Waals surface area contributed by atoms with E-state index in [4.69, 9.17) is 9.47 Å². The first-order valence-corrected chi connectivity index (χ1v) is 16.4. The number of rotatable bonds is 6. The van der Waals surface area contributed by atoms with Crippen molar-refractivity contribution < 1.29 is 19.1 Å². The molecule has 0 aromatic heterocycles. The maximum atomic E-state index is 12.6. The first-order chi connectivity index (χ1) is 23.6. The summed E-state index contributed by atoms with van der Waals surface area (Å²) >= 11 is 0. The fourth-order valence-corrected chi connectivity index (χ4v) is 6.19. The molecule has 2 aliphatic heterocycles. The van der Waals surface area contributed by atoms with Gasteiger partial charge in [0, 0.05) is 13.1 Å². The van der Waals surface area contributed by atoms with Crippen molar-refractivity contribution in [2.45, 2.75) is 51.0 Å². The molecule has 0 aliphatic carbocycles. The van der Waals surface area contributed by atoms with E-state index in [0.29, 0.717) is 38.8 Å². The molecule has 4 atom stereocenters. The highest BCUT2D eigenvalue weighted by Crippen LogP contribution is 2.35. The van der Waals surface area contributed by atoms with Gasteiger partial charge in [-0.2, -0.15) is 10.5 Å². The van der Waals surface area contributed by atoms with Gasteiger partial charge in [0.1, 0.15) is 13.2 Å². The molecule has 48 heavy (non-hydrogen) atoms. The van der Waals surface area contributed by atoms with Crippen LogP contribution in [0, 0.1) is 34.5 Å². The van der Waals surface area contributed by atoms with Crippen LogP contribution in [0.1, 0.15) is 60.0 Å². The van der Waals surface area contributed by atoms with Crippen LogP contribution < -0.4 is 0 Å². The minimum atomic E-state index is -0.316. The van der Waals surface area contributed by atoms with E-state index in [0.717, 1.165) is 22.3 Å². The van der Waals surface area contributed by atoms with Crippen LogP contribution in [0.5, 0.6) is 0 Å². The summed E-state index contributed by atoms with van der Waals surface area (Å²) in [6.45, 7) is 1.62. The highest BCUT2D eigenvalue weighted by Gasteiger charge is 2.34. The minimum Gasteiger partial charge on any atom is -0.445 e. The van der Waals surface area contributed by atoms with Crippen molar-refractivity contribution in [3.05, 3.63) is 144 Å². The molecular weight excluding hydrogens is 600 g/mol. The van der Waals surface area contributed by atoms with Crippen LogP contribution in [0.25, 0.3) is 0 Å². The van der Waals surface area contributed by atoms with Crippen LogP contribution in [0.3, 0.4) is 0 Å². The Morgan fingerprint density at radius 2 is 0.896 bits per heavy atom. The van der Waals surface area contributed by atoms with Crippen molar-refractivity contribution in [1.82, 2.24) is 9.80 Å². The van der Waals surface area contributed by atoms with Crippen LogP contribution in [0.15, 0.2) is 121 Å². The number of piperidine rings is 2. The lowest BCUT2D eigenvalue weighted by atomic mass is 9.88. The second kappa shape index (κ2) is 17.4. The molecular formula is C40H40N4O4.